The molecule has 0 atom stereocenters. The zero-order valence-electron chi connectivity index (χ0n) is 11.5. The Hall–Kier alpha value is -0.460. The lowest BCUT2D eigenvalue weighted by Gasteiger charge is -2.31. The summed E-state index contributed by atoms with van der Waals surface area (Å²) in [5, 5.41) is 0. The van der Waals surface area contributed by atoms with Gasteiger partial charge in [-0.2, -0.15) is 0 Å². The molecule has 16 heavy (non-hydrogen) atoms. The van der Waals surface area contributed by atoms with Crippen LogP contribution in [-0.2, 0) is 0 Å². The summed E-state index contributed by atoms with van der Waals surface area (Å²) in [5.41, 5.74) is 1.58. The van der Waals surface area contributed by atoms with Gasteiger partial charge in [0.2, 0.25) is 0 Å². The second-order valence-corrected chi connectivity index (χ2v) is 5.29. The van der Waals surface area contributed by atoms with E-state index in [4.69, 9.17) is 0 Å². The molecule has 94 valence electrons. The van der Waals surface area contributed by atoms with Crippen molar-refractivity contribution in [1.29, 1.82) is 0 Å². The standard InChI is InChI=1S/C15H29N/c1-4-15-12-10-8-6-5-7-9-11-13-16(15)14(2)3/h4,14H,5-13H2,1-3H3/b15-4+. The smallest absolute Gasteiger partial charge is 0.0230 e. The number of nitrogens with zero attached hydrogens (tertiary/aromatic N) is 1. The maximum Gasteiger partial charge on any atom is 0.0230 e. The Kier molecular flexibility index (Phi) is 6.59. The van der Waals surface area contributed by atoms with E-state index in [-0.39, 0.29) is 0 Å². The normalized spacial score (nSPS) is 23.5. The van der Waals surface area contributed by atoms with E-state index in [1.54, 1.807) is 5.70 Å². The summed E-state index contributed by atoms with van der Waals surface area (Å²) < 4.78 is 0. The van der Waals surface area contributed by atoms with Crippen LogP contribution in [0.2, 0.25) is 0 Å². The molecule has 0 aromatic rings. The van der Waals surface area contributed by atoms with E-state index >= 15 is 0 Å². The van der Waals surface area contributed by atoms with Gasteiger partial charge >= 0.3 is 0 Å². The third kappa shape index (κ3) is 4.59. The first kappa shape index (κ1) is 13.6. The summed E-state index contributed by atoms with van der Waals surface area (Å²) >= 11 is 0. The van der Waals surface area contributed by atoms with Gasteiger partial charge in [0.15, 0.2) is 0 Å². The van der Waals surface area contributed by atoms with Crippen molar-refractivity contribution in [3.63, 3.8) is 0 Å². The third-order valence-corrected chi connectivity index (χ3v) is 3.66. The molecular weight excluding hydrogens is 194 g/mol. The quantitative estimate of drug-likeness (QED) is 0.621. The monoisotopic (exact) mass is 223 g/mol. The third-order valence-electron chi connectivity index (χ3n) is 3.66. The molecule has 1 aliphatic rings. The van der Waals surface area contributed by atoms with Crippen LogP contribution in [0.25, 0.3) is 0 Å². The van der Waals surface area contributed by atoms with E-state index in [0.717, 1.165) is 0 Å². The molecule has 1 fully saturated rings. The molecule has 1 rings (SSSR count). The van der Waals surface area contributed by atoms with Crippen LogP contribution in [0.1, 0.15) is 72.1 Å². The molecule has 1 heterocycles. The Morgan fingerprint density at radius 1 is 0.938 bits per heavy atom. The van der Waals surface area contributed by atoms with Gasteiger partial charge in [0.25, 0.3) is 0 Å². The molecule has 0 amide bonds. The Morgan fingerprint density at radius 3 is 2.06 bits per heavy atom. The average molecular weight is 223 g/mol. The van der Waals surface area contributed by atoms with Crippen molar-refractivity contribution in [1.82, 2.24) is 4.90 Å². The van der Waals surface area contributed by atoms with Gasteiger partial charge in [0.1, 0.15) is 0 Å². The van der Waals surface area contributed by atoms with Crippen LogP contribution >= 0.6 is 0 Å². The summed E-state index contributed by atoms with van der Waals surface area (Å²) in [6.07, 6.45) is 13.5. The van der Waals surface area contributed by atoms with Gasteiger partial charge in [0, 0.05) is 18.3 Å². The number of allylic oxidation sites excluding steroid dienone is 2. The van der Waals surface area contributed by atoms with Crippen LogP contribution in [-0.4, -0.2) is 17.5 Å². The minimum Gasteiger partial charge on any atom is -0.373 e. The predicted octanol–water partition coefficient (Wildman–Crippen LogP) is 4.74. The molecule has 1 aliphatic heterocycles. The SMILES string of the molecule is C/C=C1\CCCCCCCCCN1C(C)C. The summed E-state index contributed by atoms with van der Waals surface area (Å²) in [4.78, 5) is 2.62. The van der Waals surface area contributed by atoms with Crippen LogP contribution in [0.4, 0.5) is 0 Å². The molecule has 0 radical (unpaired) electrons. The minimum atomic E-state index is 0.659. The largest absolute Gasteiger partial charge is 0.373 e. The van der Waals surface area contributed by atoms with Gasteiger partial charge in [-0.15, -0.1) is 0 Å². The molecule has 0 aliphatic carbocycles. The van der Waals surface area contributed by atoms with E-state index < -0.39 is 0 Å². The highest BCUT2D eigenvalue weighted by molar-refractivity contribution is 5.01. The first-order chi connectivity index (χ1) is 7.75. The zero-order chi connectivity index (χ0) is 11.8. The summed E-state index contributed by atoms with van der Waals surface area (Å²) in [6.45, 7) is 8.11. The highest BCUT2D eigenvalue weighted by Gasteiger charge is 2.12. The number of hydrogen-bond acceptors (Lipinski definition) is 1. The number of hydrogen-bond donors (Lipinski definition) is 0. The highest BCUT2D eigenvalue weighted by atomic mass is 15.2. The molecule has 0 aromatic carbocycles. The van der Waals surface area contributed by atoms with Gasteiger partial charge in [-0.1, -0.05) is 38.2 Å². The molecule has 1 saturated heterocycles. The van der Waals surface area contributed by atoms with Crippen LogP contribution in [0.15, 0.2) is 11.8 Å². The molecule has 1 heteroatoms. The fourth-order valence-corrected chi connectivity index (χ4v) is 2.66. The second-order valence-electron chi connectivity index (χ2n) is 5.29. The van der Waals surface area contributed by atoms with Crippen LogP contribution < -0.4 is 0 Å². The minimum absolute atomic E-state index is 0.659. The summed E-state index contributed by atoms with van der Waals surface area (Å²) in [5.74, 6) is 0. The maximum absolute atomic E-state index is 2.62. The van der Waals surface area contributed by atoms with Crippen molar-refractivity contribution < 1.29 is 0 Å². The van der Waals surface area contributed by atoms with Crippen molar-refractivity contribution >= 4 is 0 Å². The van der Waals surface area contributed by atoms with Gasteiger partial charge in [0.05, 0.1) is 0 Å². The van der Waals surface area contributed by atoms with Gasteiger partial charge in [-0.05, 0) is 40.0 Å². The fourth-order valence-electron chi connectivity index (χ4n) is 2.66. The van der Waals surface area contributed by atoms with Crippen molar-refractivity contribution in [2.75, 3.05) is 6.54 Å². The molecule has 1 nitrogen and oxygen atoms in total. The fraction of sp³-hybridized carbons (Fsp3) is 0.867. The second kappa shape index (κ2) is 7.76. The highest BCUT2D eigenvalue weighted by Crippen LogP contribution is 2.20. The van der Waals surface area contributed by atoms with Gasteiger partial charge < -0.3 is 4.90 Å². The van der Waals surface area contributed by atoms with Crippen LogP contribution in [0, 0.1) is 0 Å². The van der Waals surface area contributed by atoms with Crippen LogP contribution in [0.3, 0.4) is 0 Å². The molecular formula is C15H29N. The van der Waals surface area contributed by atoms with E-state index in [1.807, 2.05) is 0 Å². The Morgan fingerprint density at radius 2 is 1.50 bits per heavy atom. The first-order valence-corrected chi connectivity index (χ1v) is 7.17. The van der Waals surface area contributed by atoms with Crippen molar-refractivity contribution in [3.05, 3.63) is 11.8 Å². The van der Waals surface area contributed by atoms with E-state index in [2.05, 4.69) is 31.7 Å². The van der Waals surface area contributed by atoms with Crippen LogP contribution in [0.5, 0.6) is 0 Å². The van der Waals surface area contributed by atoms with Crippen molar-refractivity contribution in [3.8, 4) is 0 Å². The number of rotatable bonds is 1. The molecule has 0 spiro atoms. The average Bonchev–Trinajstić information content (AvgIpc) is 2.31. The summed E-state index contributed by atoms with van der Waals surface area (Å²) in [6, 6.07) is 0.659. The van der Waals surface area contributed by atoms with Crippen molar-refractivity contribution in [2.45, 2.75) is 78.2 Å². The van der Waals surface area contributed by atoms with E-state index in [9.17, 15) is 0 Å². The van der Waals surface area contributed by atoms with E-state index in [0.29, 0.717) is 6.04 Å². The Balaban J connectivity index is 2.59. The lowest BCUT2D eigenvalue weighted by Crippen LogP contribution is -2.31. The topological polar surface area (TPSA) is 3.24 Å². The molecule has 0 unspecified atom stereocenters. The Bertz CT molecular complexity index is 205. The van der Waals surface area contributed by atoms with Crippen molar-refractivity contribution in [2.24, 2.45) is 0 Å². The van der Waals surface area contributed by atoms with E-state index in [1.165, 1.54) is 57.9 Å². The molecule has 0 saturated carbocycles. The lowest BCUT2D eigenvalue weighted by molar-refractivity contribution is 0.267. The Labute approximate surface area is 102 Å². The molecule has 0 bridgehead atoms. The van der Waals surface area contributed by atoms with Gasteiger partial charge in [-0.3, -0.25) is 0 Å². The first-order valence-electron chi connectivity index (χ1n) is 7.17. The van der Waals surface area contributed by atoms with Gasteiger partial charge in [-0.25, -0.2) is 0 Å². The predicted molar refractivity (Wildman–Crippen MR) is 72.5 cm³/mol. The molecule has 0 N–H and O–H groups in total. The maximum atomic E-state index is 2.62. The molecule has 0 aromatic heterocycles. The summed E-state index contributed by atoms with van der Waals surface area (Å²) in [7, 11) is 0. The zero-order valence-corrected chi connectivity index (χ0v) is 11.5. The lowest BCUT2D eigenvalue weighted by atomic mass is 10.1.